The van der Waals surface area contributed by atoms with E-state index in [-0.39, 0.29) is 0 Å². The molecule has 0 aliphatic rings. The van der Waals surface area contributed by atoms with Crippen LogP contribution in [0.15, 0.2) is 28.7 Å². The Labute approximate surface area is 114 Å². The molecule has 2 N–H and O–H groups in total. The summed E-state index contributed by atoms with van der Waals surface area (Å²) < 4.78 is 6.07. The molecule has 94 valence electrons. The van der Waals surface area contributed by atoms with E-state index >= 15 is 0 Å². The molecule has 0 radical (unpaired) electrons. The lowest BCUT2D eigenvalue weighted by atomic mass is 10.2. The van der Waals surface area contributed by atoms with Crippen molar-refractivity contribution in [2.24, 2.45) is 5.73 Å². The van der Waals surface area contributed by atoms with Gasteiger partial charge in [0.15, 0.2) is 5.82 Å². The fraction of sp³-hybridized carbons (Fsp3) is 0.231. The number of nitrogens with zero attached hydrogens (tertiary/aromatic N) is 2. The van der Waals surface area contributed by atoms with Crippen LogP contribution in [-0.2, 0) is 6.54 Å². The number of aromatic nitrogens is 2. The van der Waals surface area contributed by atoms with Gasteiger partial charge in [-0.05, 0) is 47.1 Å². The molecule has 0 saturated heterocycles. The average Bonchev–Trinajstić information content (AvgIpc) is 2.37. The maximum Gasteiger partial charge on any atom is 0.159 e. The monoisotopic (exact) mass is 307 g/mol. The maximum atomic E-state index is 5.62. The fourth-order valence-corrected chi connectivity index (χ4v) is 2.21. The maximum absolute atomic E-state index is 5.62. The first-order valence-electron chi connectivity index (χ1n) is 5.52. The summed E-state index contributed by atoms with van der Waals surface area (Å²) in [4.78, 5) is 8.84. The highest BCUT2D eigenvalue weighted by molar-refractivity contribution is 9.10. The standard InChI is InChI=1S/C13H14BrN3O/c1-8-5-10(7-15)17-13(16-8)9-3-4-12(18-2)11(14)6-9/h3-6H,7,15H2,1-2H3. The number of aryl methyl sites for hydroxylation is 1. The lowest BCUT2D eigenvalue weighted by molar-refractivity contribution is 0.412. The Morgan fingerprint density at radius 2 is 2.06 bits per heavy atom. The molecule has 2 rings (SSSR count). The minimum Gasteiger partial charge on any atom is -0.496 e. The van der Waals surface area contributed by atoms with Crippen molar-refractivity contribution in [3.8, 4) is 17.1 Å². The summed E-state index contributed by atoms with van der Waals surface area (Å²) in [7, 11) is 1.63. The van der Waals surface area contributed by atoms with Crippen LogP contribution in [0.5, 0.6) is 5.75 Å². The van der Waals surface area contributed by atoms with Gasteiger partial charge in [-0.1, -0.05) is 0 Å². The van der Waals surface area contributed by atoms with E-state index in [1.165, 1.54) is 0 Å². The molecule has 1 aromatic heterocycles. The smallest absolute Gasteiger partial charge is 0.159 e. The molecule has 0 saturated carbocycles. The Morgan fingerprint density at radius 1 is 1.28 bits per heavy atom. The van der Waals surface area contributed by atoms with Gasteiger partial charge < -0.3 is 10.5 Å². The number of hydrogen-bond donors (Lipinski definition) is 1. The van der Waals surface area contributed by atoms with Gasteiger partial charge >= 0.3 is 0 Å². The molecule has 0 fully saturated rings. The van der Waals surface area contributed by atoms with Crippen LogP contribution in [0, 0.1) is 6.92 Å². The molecular weight excluding hydrogens is 294 g/mol. The third-order valence-electron chi connectivity index (χ3n) is 2.53. The van der Waals surface area contributed by atoms with Crippen LogP contribution >= 0.6 is 15.9 Å². The zero-order valence-electron chi connectivity index (χ0n) is 10.3. The first-order chi connectivity index (χ1) is 8.63. The number of benzene rings is 1. The Kier molecular flexibility index (Phi) is 3.93. The number of hydrogen-bond acceptors (Lipinski definition) is 4. The molecule has 5 heteroatoms. The van der Waals surface area contributed by atoms with Gasteiger partial charge in [0.25, 0.3) is 0 Å². The summed E-state index contributed by atoms with van der Waals surface area (Å²) >= 11 is 3.45. The van der Waals surface area contributed by atoms with Crippen LogP contribution in [0.4, 0.5) is 0 Å². The van der Waals surface area contributed by atoms with Gasteiger partial charge in [-0.2, -0.15) is 0 Å². The Bertz CT molecular complexity index is 572. The summed E-state index contributed by atoms with van der Waals surface area (Å²) in [5.74, 6) is 1.46. The lowest BCUT2D eigenvalue weighted by Crippen LogP contribution is -2.03. The highest BCUT2D eigenvalue weighted by atomic mass is 79.9. The molecule has 0 aliphatic carbocycles. The van der Waals surface area contributed by atoms with Crippen molar-refractivity contribution >= 4 is 15.9 Å². The number of ether oxygens (including phenoxy) is 1. The predicted octanol–water partition coefficient (Wildman–Crippen LogP) is 2.68. The van der Waals surface area contributed by atoms with Gasteiger partial charge in [-0.15, -0.1) is 0 Å². The van der Waals surface area contributed by atoms with Gasteiger partial charge in [0.1, 0.15) is 5.75 Å². The predicted molar refractivity (Wildman–Crippen MR) is 74.3 cm³/mol. The van der Waals surface area contributed by atoms with E-state index in [1.807, 2.05) is 31.2 Å². The molecule has 2 aromatic rings. The van der Waals surface area contributed by atoms with Gasteiger partial charge in [0, 0.05) is 17.8 Å². The molecule has 0 atom stereocenters. The minimum atomic E-state index is 0.410. The molecule has 4 nitrogen and oxygen atoms in total. The van der Waals surface area contributed by atoms with Crippen LogP contribution < -0.4 is 10.5 Å². The van der Waals surface area contributed by atoms with E-state index in [9.17, 15) is 0 Å². The Balaban J connectivity index is 2.48. The molecule has 1 heterocycles. The Morgan fingerprint density at radius 3 is 2.67 bits per heavy atom. The third kappa shape index (κ3) is 2.68. The molecule has 0 aliphatic heterocycles. The van der Waals surface area contributed by atoms with Crippen molar-refractivity contribution in [3.05, 3.63) is 40.1 Å². The largest absolute Gasteiger partial charge is 0.496 e. The number of nitrogens with two attached hydrogens (primary N) is 1. The zero-order chi connectivity index (χ0) is 13.1. The normalized spacial score (nSPS) is 10.4. The van der Waals surface area contributed by atoms with Crippen molar-refractivity contribution in [1.29, 1.82) is 0 Å². The van der Waals surface area contributed by atoms with E-state index in [1.54, 1.807) is 7.11 Å². The first-order valence-corrected chi connectivity index (χ1v) is 6.32. The quantitative estimate of drug-likeness (QED) is 0.947. The Hall–Kier alpha value is -1.46. The van der Waals surface area contributed by atoms with Gasteiger partial charge in [0.2, 0.25) is 0 Å². The lowest BCUT2D eigenvalue weighted by Gasteiger charge is -2.07. The van der Waals surface area contributed by atoms with Crippen LogP contribution in [-0.4, -0.2) is 17.1 Å². The summed E-state index contributed by atoms with van der Waals surface area (Å²) in [5.41, 5.74) is 8.30. The van der Waals surface area contributed by atoms with Crippen molar-refractivity contribution in [2.45, 2.75) is 13.5 Å². The summed E-state index contributed by atoms with van der Waals surface area (Å²) in [5, 5.41) is 0. The molecule has 1 aromatic carbocycles. The van der Waals surface area contributed by atoms with Gasteiger partial charge in [-0.3, -0.25) is 0 Å². The number of halogens is 1. The first kappa shape index (κ1) is 13.0. The van der Waals surface area contributed by atoms with E-state index in [0.717, 1.165) is 27.2 Å². The summed E-state index contributed by atoms with van der Waals surface area (Å²) in [6.07, 6.45) is 0. The summed E-state index contributed by atoms with van der Waals surface area (Å²) in [6, 6.07) is 7.64. The van der Waals surface area contributed by atoms with Crippen molar-refractivity contribution < 1.29 is 4.74 Å². The van der Waals surface area contributed by atoms with Crippen LogP contribution in [0.3, 0.4) is 0 Å². The van der Waals surface area contributed by atoms with Gasteiger partial charge in [-0.25, -0.2) is 9.97 Å². The highest BCUT2D eigenvalue weighted by Crippen LogP contribution is 2.29. The molecule has 0 spiro atoms. The van der Waals surface area contributed by atoms with E-state index in [0.29, 0.717) is 12.4 Å². The van der Waals surface area contributed by atoms with E-state index in [2.05, 4.69) is 25.9 Å². The van der Waals surface area contributed by atoms with Crippen molar-refractivity contribution in [1.82, 2.24) is 9.97 Å². The summed E-state index contributed by atoms with van der Waals surface area (Å²) in [6.45, 7) is 2.34. The minimum absolute atomic E-state index is 0.410. The van der Waals surface area contributed by atoms with Crippen molar-refractivity contribution in [2.75, 3.05) is 7.11 Å². The number of rotatable bonds is 3. The van der Waals surface area contributed by atoms with Crippen molar-refractivity contribution in [3.63, 3.8) is 0 Å². The molecular formula is C13H14BrN3O. The fourth-order valence-electron chi connectivity index (χ4n) is 1.67. The SMILES string of the molecule is COc1ccc(-c2nc(C)cc(CN)n2)cc1Br. The third-order valence-corrected chi connectivity index (χ3v) is 3.15. The molecule has 0 bridgehead atoms. The molecule has 0 amide bonds. The average molecular weight is 308 g/mol. The van der Waals surface area contributed by atoms with Crippen LogP contribution in [0.1, 0.15) is 11.4 Å². The second kappa shape index (κ2) is 5.46. The second-order valence-electron chi connectivity index (χ2n) is 3.88. The van der Waals surface area contributed by atoms with Crippen LogP contribution in [0.25, 0.3) is 11.4 Å². The molecule has 0 unspecified atom stereocenters. The van der Waals surface area contributed by atoms with Gasteiger partial charge in [0.05, 0.1) is 17.3 Å². The zero-order valence-corrected chi connectivity index (χ0v) is 11.9. The topological polar surface area (TPSA) is 61.0 Å². The van der Waals surface area contributed by atoms with Crippen LogP contribution in [0.2, 0.25) is 0 Å². The highest BCUT2D eigenvalue weighted by Gasteiger charge is 2.07. The second-order valence-corrected chi connectivity index (χ2v) is 4.73. The molecule has 18 heavy (non-hydrogen) atoms. The van der Waals surface area contributed by atoms with E-state index in [4.69, 9.17) is 10.5 Å². The van der Waals surface area contributed by atoms with E-state index < -0.39 is 0 Å². The number of methoxy groups -OCH3 is 1.